The van der Waals surface area contributed by atoms with Crippen LogP contribution >= 0.6 is 0 Å². The maximum Gasteiger partial charge on any atom is 0.408 e. The fourth-order valence-corrected chi connectivity index (χ4v) is 4.12. The molecule has 1 rings (SSSR count). The van der Waals surface area contributed by atoms with Crippen LogP contribution in [0.5, 0.6) is 0 Å². The van der Waals surface area contributed by atoms with Crippen LogP contribution in [0.2, 0.25) is 0 Å². The molecule has 0 fully saturated rings. The number of unbranched alkanes of at least 4 members (excludes halogenated alkanes) is 6. The van der Waals surface area contributed by atoms with Crippen LogP contribution in [0.4, 0.5) is 4.79 Å². The number of aliphatic hydroxyl groups is 1. The van der Waals surface area contributed by atoms with Crippen molar-refractivity contribution in [1.29, 1.82) is 0 Å². The number of hydrogen-bond donors (Lipinski definition) is 3. The fraction of sp³-hybridized carbons (Fsp3) is 0.690. The number of ether oxygens (including phenoxy) is 1. The van der Waals surface area contributed by atoms with Gasteiger partial charge in [-0.3, -0.25) is 9.59 Å². The molecule has 8 nitrogen and oxygen atoms in total. The second-order valence-electron chi connectivity index (χ2n) is 10.6. The second-order valence-corrected chi connectivity index (χ2v) is 10.6. The molecule has 3 N–H and O–H groups in total. The van der Waals surface area contributed by atoms with Crippen LogP contribution in [0.25, 0.3) is 0 Å². The Morgan fingerprint density at radius 3 is 2.19 bits per heavy atom. The van der Waals surface area contributed by atoms with Crippen molar-refractivity contribution in [1.82, 2.24) is 15.5 Å². The second kappa shape index (κ2) is 17.0. The van der Waals surface area contributed by atoms with Crippen molar-refractivity contribution in [3.05, 3.63) is 35.4 Å². The average Bonchev–Trinajstić information content (AvgIpc) is 2.83. The van der Waals surface area contributed by atoms with Gasteiger partial charge in [-0.25, -0.2) is 4.79 Å². The normalized spacial score (nSPS) is 12.9. The topological polar surface area (TPSA) is 108 Å². The van der Waals surface area contributed by atoms with Crippen LogP contribution in [-0.4, -0.2) is 59.3 Å². The molecule has 0 saturated carbocycles. The van der Waals surface area contributed by atoms with E-state index in [0.29, 0.717) is 19.5 Å². The van der Waals surface area contributed by atoms with E-state index in [2.05, 4.69) is 24.5 Å². The molecular formula is C29H49N3O5. The third kappa shape index (κ3) is 12.0. The van der Waals surface area contributed by atoms with E-state index in [-0.39, 0.29) is 5.91 Å². The molecule has 1 aromatic rings. The monoisotopic (exact) mass is 519 g/mol. The van der Waals surface area contributed by atoms with Crippen molar-refractivity contribution in [3.63, 3.8) is 0 Å². The summed E-state index contributed by atoms with van der Waals surface area (Å²) in [6, 6.07) is 5.41. The highest BCUT2D eigenvalue weighted by Gasteiger charge is 2.36. The highest BCUT2D eigenvalue weighted by Crippen LogP contribution is 2.26. The van der Waals surface area contributed by atoms with Crippen LogP contribution in [0.3, 0.4) is 0 Å². The number of carbonyl (C=O) groups excluding carboxylic acids is 3. The van der Waals surface area contributed by atoms with Gasteiger partial charge in [0.05, 0.1) is 6.61 Å². The number of aryl methyl sites for hydroxylation is 1. The lowest BCUT2D eigenvalue weighted by Crippen LogP contribution is -2.54. The fourth-order valence-electron chi connectivity index (χ4n) is 4.12. The zero-order chi connectivity index (χ0) is 27.8. The van der Waals surface area contributed by atoms with E-state index in [1.165, 1.54) is 4.90 Å². The molecule has 0 aliphatic rings. The molecule has 0 heterocycles. The van der Waals surface area contributed by atoms with E-state index in [4.69, 9.17) is 4.74 Å². The Kier molecular flexibility index (Phi) is 14.9. The molecule has 0 saturated heterocycles. The maximum absolute atomic E-state index is 13.8. The zero-order valence-corrected chi connectivity index (χ0v) is 23.8. The summed E-state index contributed by atoms with van der Waals surface area (Å²) >= 11 is 0. The molecule has 0 aliphatic heterocycles. The van der Waals surface area contributed by atoms with Gasteiger partial charge in [0.2, 0.25) is 11.8 Å². The zero-order valence-electron chi connectivity index (χ0n) is 23.8. The largest absolute Gasteiger partial charge is 0.444 e. The van der Waals surface area contributed by atoms with Crippen LogP contribution in [-0.2, 0) is 14.3 Å². The van der Waals surface area contributed by atoms with Crippen molar-refractivity contribution in [2.45, 2.75) is 111 Å². The summed E-state index contributed by atoms with van der Waals surface area (Å²) < 4.78 is 5.30. The van der Waals surface area contributed by atoms with E-state index in [9.17, 15) is 19.5 Å². The molecule has 8 heteroatoms. The number of aliphatic hydroxyl groups excluding tert-OH is 1. The predicted octanol–water partition coefficient (Wildman–Crippen LogP) is 5.03. The molecule has 0 spiro atoms. The minimum atomic E-state index is -1.23. The molecule has 0 radical (unpaired) electrons. The van der Waals surface area contributed by atoms with Crippen LogP contribution in [0.15, 0.2) is 24.3 Å². The summed E-state index contributed by atoms with van der Waals surface area (Å²) in [6.07, 6.45) is 6.97. The van der Waals surface area contributed by atoms with Crippen molar-refractivity contribution >= 4 is 17.9 Å². The lowest BCUT2D eigenvalue weighted by Gasteiger charge is -2.34. The SMILES string of the molecule is CCCCCCCN(C(=O)C(CO)NC(=O)OC(C)(C)C)C(C(=O)NCCCCC)c1ccccc1C. The van der Waals surface area contributed by atoms with Gasteiger partial charge in [-0.15, -0.1) is 0 Å². The first-order valence-electron chi connectivity index (χ1n) is 13.8. The maximum atomic E-state index is 13.8. The van der Waals surface area contributed by atoms with Gasteiger partial charge >= 0.3 is 6.09 Å². The number of nitrogens with zero attached hydrogens (tertiary/aromatic N) is 1. The van der Waals surface area contributed by atoms with Gasteiger partial charge in [0.15, 0.2) is 0 Å². The Morgan fingerprint density at radius 2 is 1.59 bits per heavy atom. The van der Waals surface area contributed by atoms with E-state index >= 15 is 0 Å². The van der Waals surface area contributed by atoms with Crippen molar-refractivity contribution < 1.29 is 24.2 Å². The van der Waals surface area contributed by atoms with Crippen LogP contribution in [0.1, 0.15) is 103 Å². The van der Waals surface area contributed by atoms with E-state index in [1.54, 1.807) is 20.8 Å². The molecule has 3 amide bonds. The first-order valence-corrected chi connectivity index (χ1v) is 13.8. The van der Waals surface area contributed by atoms with Gasteiger partial charge in [-0.2, -0.15) is 0 Å². The van der Waals surface area contributed by atoms with Crippen molar-refractivity contribution in [3.8, 4) is 0 Å². The summed E-state index contributed by atoms with van der Waals surface area (Å²) in [5, 5.41) is 15.6. The van der Waals surface area contributed by atoms with Gasteiger partial charge in [0.1, 0.15) is 17.7 Å². The molecule has 2 atom stereocenters. The molecule has 210 valence electrons. The first kappa shape index (κ1) is 32.4. The van der Waals surface area contributed by atoms with Gasteiger partial charge in [0.25, 0.3) is 0 Å². The number of carbonyl (C=O) groups is 3. The van der Waals surface area contributed by atoms with Gasteiger partial charge in [-0.1, -0.05) is 76.6 Å². The molecule has 2 unspecified atom stereocenters. The third-order valence-corrected chi connectivity index (χ3v) is 6.08. The van der Waals surface area contributed by atoms with Gasteiger partial charge < -0.3 is 25.4 Å². The number of hydrogen-bond acceptors (Lipinski definition) is 5. The Labute approximate surface area is 223 Å². The molecule has 37 heavy (non-hydrogen) atoms. The van der Waals surface area contributed by atoms with E-state index < -0.39 is 36.3 Å². The van der Waals surface area contributed by atoms with Crippen LogP contribution in [0, 0.1) is 6.92 Å². The van der Waals surface area contributed by atoms with E-state index in [1.807, 2.05) is 31.2 Å². The minimum absolute atomic E-state index is 0.263. The number of benzene rings is 1. The minimum Gasteiger partial charge on any atom is -0.444 e. The highest BCUT2D eigenvalue weighted by atomic mass is 16.6. The first-order chi connectivity index (χ1) is 17.6. The summed E-state index contributed by atoms with van der Waals surface area (Å²) in [6.45, 7) is 11.6. The summed E-state index contributed by atoms with van der Waals surface area (Å²) in [7, 11) is 0. The van der Waals surface area contributed by atoms with Crippen LogP contribution < -0.4 is 10.6 Å². The Bertz CT molecular complexity index is 837. The standard InChI is InChI=1S/C29H49N3O5/c1-7-9-11-12-16-20-32(27(35)24(21-33)31-28(36)37-29(4,5)6)25(23-18-14-13-17-22(23)3)26(34)30-19-15-10-8-2/h13-14,17-18,24-25,33H,7-12,15-16,19-21H2,1-6H3,(H,30,34)(H,31,36). The number of rotatable bonds is 16. The number of alkyl carbamates (subject to hydrolysis) is 1. The molecular weight excluding hydrogens is 470 g/mol. The third-order valence-electron chi connectivity index (χ3n) is 6.08. The lowest BCUT2D eigenvalue weighted by molar-refractivity contribution is -0.143. The number of amides is 3. The summed E-state index contributed by atoms with van der Waals surface area (Å²) in [5.41, 5.74) is 0.862. The summed E-state index contributed by atoms with van der Waals surface area (Å²) in [5.74, 6) is -0.776. The Hall–Kier alpha value is -2.61. The Balaban J connectivity index is 3.31. The Morgan fingerprint density at radius 1 is 0.973 bits per heavy atom. The highest BCUT2D eigenvalue weighted by molar-refractivity contribution is 5.92. The van der Waals surface area contributed by atoms with Gasteiger partial charge in [0, 0.05) is 13.1 Å². The smallest absolute Gasteiger partial charge is 0.408 e. The summed E-state index contributed by atoms with van der Waals surface area (Å²) in [4.78, 5) is 41.3. The quantitative estimate of drug-likeness (QED) is 0.266. The number of nitrogens with one attached hydrogen (secondary N) is 2. The van der Waals surface area contributed by atoms with Crippen molar-refractivity contribution in [2.75, 3.05) is 19.7 Å². The lowest BCUT2D eigenvalue weighted by atomic mass is 9.97. The predicted molar refractivity (Wildman–Crippen MR) is 147 cm³/mol. The van der Waals surface area contributed by atoms with E-state index in [0.717, 1.165) is 56.1 Å². The van der Waals surface area contributed by atoms with Gasteiger partial charge in [-0.05, 0) is 51.7 Å². The molecule has 0 bridgehead atoms. The molecule has 0 aliphatic carbocycles. The molecule has 1 aromatic carbocycles. The average molecular weight is 520 g/mol. The van der Waals surface area contributed by atoms with Crippen molar-refractivity contribution in [2.24, 2.45) is 0 Å². The molecule has 0 aromatic heterocycles.